The van der Waals surface area contributed by atoms with E-state index in [0.717, 1.165) is 12.1 Å². The van der Waals surface area contributed by atoms with Crippen LogP contribution in [0.5, 0.6) is 0 Å². The summed E-state index contributed by atoms with van der Waals surface area (Å²) < 4.78 is 5.43. The second-order valence-corrected chi connectivity index (χ2v) is 6.63. The van der Waals surface area contributed by atoms with Gasteiger partial charge < -0.3 is 20.7 Å². The summed E-state index contributed by atoms with van der Waals surface area (Å²) in [6.07, 6.45) is 0.546. The Labute approximate surface area is 126 Å². The van der Waals surface area contributed by atoms with Crippen LogP contribution in [-0.4, -0.2) is 41.8 Å². The minimum absolute atomic E-state index is 0.271. The van der Waals surface area contributed by atoms with E-state index in [0.29, 0.717) is 19.6 Å². The van der Waals surface area contributed by atoms with Gasteiger partial charge in [-0.1, -0.05) is 18.2 Å². The predicted molar refractivity (Wildman–Crippen MR) is 84.3 cm³/mol. The first-order valence-electron chi connectivity index (χ1n) is 7.35. The number of carbonyl (C=O) groups excluding carboxylic acids is 1. The van der Waals surface area contributed by atoms with Crippen molar-refractivity contribution in [2.24, 2.45) is 5.73 Å². The predicted octanol–water partition coefficient (Wildman–Crippen LogP) is 2.44. The number of para-hydroxylation sites is 1. The molecule has 1 heterocycles. The van der Waals surface area contributed by atoms with E-state index in [-0.39, 0.29) is 11.6 Å². The number of rotatable bonds is 3. The van der Waals surface area contributed by atoms with Gasteiger partial charge in [0.25, 0.3) is 0 Å². The van der Waals surface area contributed by atoms with E-state index in [1.54, 1.807) is 4.90 Å². The van der Waals surface area contributed by atoms with Crippen molar-refractivity contribution in [1.29, 1.82) is 0 Å². The number of anilines is 1. The molecule has 1 atom stereocenters. The van der Waals surface area contributed by atoms with Crippen molar-refractivity contribution in [2.75, 3.05) is 25.0 Å². The van der Waals surface area contributed by atoms with Crippen LogP contribution in [0, 0.1) is 0 Å². The number of benzene rings is 1. The molecule has 5 nitrogen and oxygen atoms in total. The number of carbonyl (C=O) groups is 1. The number of amides is 1. The number of ether oxygens (including phenoxy) is 1. The summed E-state index contributed by atoms with van der Waals surface area (Å²) in [6.45, 7) is 7.32. The minimum Gasteiger partial charge on any atom is -0.444 e. The molecule has 0 aliphatic carbocycles. The van der Waals surface area contributed by atoms with E-state index >= 15 is 0 Å². The molecule has 1 aromatic rings. The van der Waals surface area contributed by atoms with E-state index in [2.05, 4.69) is 5.32 Å². The zero-order chi connectivity index (χ0) is 15.5. The molecule has 1 fully saturated rings. The molecule has 1 aromatic carbocycles. The third-order valence-electron chi connectivity index (χ3n) is 3.58. The lowest BCUT2D eigenvalue weighted by Crippen LogP contribution is -2.49. The van der Waals surface area contributed by atoms with Gasteiger partial charge in [0.05, 0.1) is 5.54 Å². The van der Waals surface area contributed by atoms with E-state index in [1.807, 2.05) is 51.1 Å². The molecule has 2 rings (SSSR count). The Balaban J connectivity index is 2.02. The third kappa shape index (κ3) is 4.11. The topological polar surface area (TPSA) is 67.6 Å². The molecular weight excluding hydrogens is 266 g/mol. The van der Waals surface area contributed by atoms with Gasteiger partial charge in [-0.2, -0.15) is 0 Å². The van der Waals surface area contributed by atoms with Crippen LogP contribution in [0.15, 0.2) is 30.3 Å². The first-order chi connectivity index (χ1) is 9.84. The summed E-state index contributed by atoms with van der Waals surface area (Å²) in [5.74, 6) is 0. The number of nitrogens with two attached hydrogens (primary N) is 1. The Morgan fingerprint density at radius 2 is 2.05 bits per heavy atom. The first kappa shape index (κ1) is 15.6. The number of likely N-dealkylation sites (tertiary alicyclic amines) is 1. The molecule has 0 spiro atoms. The standard InChI is InChI=1S/C16H25N3O2/c1-15(2,3)21-14(20)19-10-9-16(11-17,12-19)18-13-7-5-4-6-8-13/h4-8,18H,9-12,17H2,1-3H3. The van der Waals surface area contributed by atoms with E-state index < -0.39 is 5.60 Å². The van der Waals surface area contributed by atoms with Crippen LogP contribution in [0.3, 0.4) is 0 Å². The van der Waals surface area contributed by atoms with Crippen LogP contribution < -0.4 is 11.1 Å². The molecule has 1 amide bonds. The quantitative estimate of drug-likeness (QED) is 0.897. The van der Waals surface area contributed by atoms with Gasteiger partial charge in [-0.05, 0) is 39.3 Å². The molecule has 1 unspecified atom stereocenters. The van der Waals surface area contributed by atoms with Gasteiger partial charge in [0.2, 0.25) is 0 Å². The van der Waals surface area contributed by atoms with E-state index in [9.17, 15) is 4.79 Å². The van der Waals surface area contributed by atoms with E-state index in [1.165, 1.54) is 0 Å². The average Bonchev–Trinajstić information content (AvgIpc) is 2.83. The van der Waals surface area contributed by atoms with Crippen molar-refractivity contribution in [3.05, 3.63) is 30.3 Å². The highest BCUT2D eigenvalue weighted by atomic mass is 16.6. The third-order valence-corrected chi connectivity index (χ3v) is 3.58. The summed E-state index contributed by atoms with van der Waals surface area (Å²) in [5, 5.41) is 3.48. The maximum absolute atomic E-state index is 12.2. The van der Waals surface area contributed by atoms with Crippen molar-refractivity contribution < 1.29 is 9.53 Å². The normalized spacial score (nSPS) is 22.2. The summed E-state index contributed by atoms with van der Waals surface area (Å²) in [5.41, 5.74) is 6.23. The van der Waals surface area contributed by atoms with Crippen molar-refractivity contribution in [2.45, 2.75) is 38.3 Å². The fourth-order valence-corrected chi connectivity index (χ4v) is 2.50. The number of nitrogens with zero attached hydrogens (tertiary/aromatic N) is 1. The zero-order valence-corrected chi connectivity index (χ0v) is 13.1. The van der Waals surface area contributed by atoms with E-state index in [4.69, 9.17) is 10.5 Å². The highest BCUT2D eigenvalue weighted by molar-refractivity contribution is 5.69. The smallest absolute Gasteiger partial charge is 0.410 e. The van der Waals surface area contributed by atoms with Gasteiger partial charge in [-0.3, -0.25) is 0 Å². The minimum atomic E-state index is -0.474. The van der Waals surface area contributed by atoms with Gasteiger partial charge >= 0.3 is 6.09 Å². The zero-order valence-electron chi connectivity index (χ0n) is 13.1. The van der Waals surface area contributed by atoms with Crippen LogP contribution in [0.2, 0.25) is 0 Å². The Morgan fingerprint density at radius 1 is 1.38 bits per heavy atom. The summed E-state index contributed by atoms with van der Waals surface area (Å²) in [7, 11) is 0. The maximum atomic E-state index is 12.2. The van der Waals surface area contributed by atoms with Gasteiger partial charge in [-0.25, -0.2) is 4.79 Å². The highest BCUT2D eigenvalue weighted by Gasteiger charge is 2.40. The lowest BCUT2D eigenvalue weighted by Gasteiger charge is -2.31. The largest absolute Gasteiger partial charge is 0.444 e. The van der Waals surface area contributed by atoms with Gasteiger partial charge in [-0.15, -0.1) is 0 Å². The summed E-state index contributed by atoms with van der Waals surface area (Å²) >= 11 is 0. The van der Waals surface area contributed by atoms with Crippen molar-refractivity contribution >= 4 is 11.8 Å². The Morgan fingerprint density at radius 3 is 2.62 bits per heavy atom. The molecule has 116 valence electrons. The Hall–Kier alpha value is -1.75. The number of hydrogen-bond acceptors (Lipinski definition) is 4. The van der Waals surface area contributed by atoms with Crippen molar-refractivity contribution in [3.63, 3.8) is 0 Å². The van der Waals surface area contributed by atoms with Gasteiger partial charge in [0.1, 0.15) is 5.60 Å². The monoisotopic (exact) mass is 291 g/mol. The molecule has 5 heteroatoms. The maximum Gasteiger partial charge on any atom is 0.410 e. The fraction of sp³-hybridized carbons (Fsp3) is 0.562. The van der Waals surface area contributed by atoms with Gasteiger partial charge in [0, 0.05) is 25.3 Å². The lowest BCUT2D eigenvalue weighted by atomic mass is 9.98. The Kier molecular flexibility index (Phi) is 4.42. The first-order valence-corrected chi connectivity index (χ1v) is 7.35. The number of nitrogens with one attached hydrogen (secondary N) is 1. The molecule has 0 radical (unpaired) electrons. The molecule has 0 bridgehead atoms. The molecule has 1 aliphatic heterocycles. The molecule has 3 N–H and O–H groups in total. The van der Waals surface area contributed by atoms with Crippen molar-refractivity contribution in [1.82, 2.24) is 4.90 Å². The van der Waals surface area contributed by atoms with Crippen LogP contribution in [0.1, 0.15) is 27.2 Å². The average molecular weight is 291 g/mol. The SMILES string of the molecule is CC(C)(C)OC(=O)N1CCC(CN)(Nc2ccccc2)C1. The summed E-state index contributed by atoms with van der Waals surface area (Å²) in [6, 6.07) is 9.95. The fourth-order valence-electron chi connectivity index (χ4n) is 2.50. The molecule has 0 aromatic heterocycles. The number of hydrogen-bond donors (Lipinski definition) is 2. The lowest BCUT2D eigenvalue weighted by molar-refractivity contribution is 0.0287. The molecule has 1 aliphatic rings. The highest BCUT2D eigenvalue weighted by Crippen LogP contribution is 2.26. The van der Waals surface area contributed by atoms with Crippen LogP contribution >= 0.6 is 0 Å². The molecule has 1 saturated heterocycles. The Bertz CT molecular complexity index is 484. The van der Waals surface area contributed by atoms with Gasteiger partial charge in [0.15, 0.2) is 0 Å². The van der Waals surface area contributed by atoms with Crippen LogP contribution in [0.25, 0.3) is 0 Å². The molecule has 0 saturated carbocycles. The van der Waals surface area contributed by atoms with Crippen LogP contribution in [0.4, 0.5) is 10.5 Å². The summed E-state index contributed by atoms with van der Waals surface area (Å²) in [4.78, 5) is 13.9. The second-order valence-electron chi connectivity index (χ2n) is 6.63. The van der Waals surface area contributed by atoms with Crippen LogP contribution in [-0.2, 0) is 4.74 Å². The van der Waals surface area contributed by atoms with Crippen molar-refractivity contribution in [3.8, 4) is 0 Å². The molecular formula is C16H25N3O2. The second kappa shape index (κ2) is 5.93. The molecule has 21 heavy (non-hydrogen) atoms.